The van der Waals surface area contributed by atoms with Crippen LogP contribution in [-0.2, 0) is 19.9 Å². The average Bonchev–Trinajstić information content (AvgIpc) is 3.47. The molecule has 2 heterocycles. The summed E-state index contributed by atoms with van der Waals surface area (Å²) in [5.41, 5.74) is 0.293. The molecule has 1 amide bonds. The summed E-state index contributed by atoms with van der Waals surface area (Å²) in [6, 6.07) is 13.9. The number of aromatic nitrogens is 1. The summed E-state index contributed by atoms with van der Waals surface area (Å²) in [6.07, 6.45) is 1.48. The van der Waals surface area contributed by atoms with Crippen molar-refractivity contribution in [2.24, 2.45) is 0 Å². The zero-order chi connectivity index (χ0) is 23.6. The van der Waals surface area contributed by atoms with E-state index in [2.05, 4.69) is 31.0 Å². The van der Waals surface area contributed by atoms with Gasteiger partial charge in [0.05, 0.1) is 9.79 Å². The number of nitrogens with zero attached hydrogens (tertiary/aromatic N) is 1. The number of sulfone groups is 1. The Labute approximate surface area is 201 Å². The van der Waals surface area contributed by atoms with Crippen molar-refractivity contribution in [3.63, 3.8) is 0 Å². The van der Waals surface area contributed by atoms with Gasteiger partial charge < -0.3 is 9.73 Å². The highest BCUT2D eigenvalue weighted by atomic mass is 79.9. The minimum absolute atomic E-state index is 0.0171. The van der Waals surface area contributed by atoms with Gasteiger partial charge in [0.15, 0.2) is 10.9 Å². The van der Waals surface area contributed by atoms with Crippen LogP contribution in [0, 0.1) is 0 Å². The van der Waals surface area contributed by atoms with Crippen LogP contribution in [0.1, 0.15) is 10.6 Å². The number of nitrogens with one attached hydrogen (secondary N) is 2. The Hall–Kier alpha value is -3.00. The topological polar surface area (TPSA) is 135 Å². The van der Waals surface area contributed by atoms with Crippen molar-refractivity contribution in [3.8, 4) is 0 Å². The lowest BCUT2D eigenvalue weighted by Gasteiger charge is -2.07. The first-order chi connectivity index (χ1) is 15.6. The molecule has 13 heteroatoms. The van der Waals surface area contributed by atoms with Crippen LogP contribution >= 0.6 is 27.3 Å². The van der Waals surface area contributed by atoms with Gasteiger partial charge in [0, 0.05) is 21.7 Å². The van der Waals surface area contributed by atoms with Crippen molar-refractivity contribution in [2.75, 3.05) is 10.0 Å². The monoisotopic (exact) mass is 567 g/mol. The summed E-state index contributed by atoms with van der Waals surface area (Å²) < 4.78 is 58.5. The summed E-state index contributed by atoms with van der Waals surface area (Å²) in [4.78, 5) is 16.4. The standard InChI is InChI=1S/C20H14BrN3O6S3/c21-13-1-5-15(6-2-13)32(26,27)18-10-9-17(30-18)19(25)23-14-3-7-16(8-4-14)33(28,29)24-20-22-11-12-31-20/h1-12H,(H,22,24)(H,23,25). The predicted octanol–water partition coefficient (Wildman–Crippen LogP) is 4.38. The van der Waals surface area contributed by atoms with Gasteiger partial charge in [-0.25, -0.2) is 21.8 Å². The molecule has 0 unspecified atom stereocenters. The number of benzene rings is 2. The van der Waals surface area contributed by atoms with E-state index in [1.165, 1.54) is 54.7 Å². The van der Waals surface area contributed by atoms with Gasteiger partial charge in [0.25, 0.3) is 15.9 Å². The maximum Gasteiger partial charge on any atom is 0.291 e. The predicted molar refractivity (Wildman–Crippen MR) is 126 cm³/mol. The van der Waals surface area contributed by atoms with Crippen LogP contribution in [0.3, 0.4) is 0 Å². The number of anilines is 2. The maximum atomic E-state index is 12.7. The van der Waals surface area contributed by atoms with Gasteiger partial charge in [-0.05, 0) is 60.7 Å². The highest BCUT2D eigenvalue weighted by Gasteiger charge is 2.24. The molecule has 0 spiro atoms. The van der Waals surface area contributed by atoms with Crippen molar-refractivity contribution in [1.82, 2.24) is 4.98 Å². The molecule has 2 aromatic carbocycles. The van der Waals surface area contributed by atoms with Crippen molar-refractivity contribution in [1.29, 1.82) is 0 Å². The number of sulfonamides is 1. The molecule has 0 aliphatic carbocycles. The van der Waals surface area contributed by atoms with E-state index in [0.717, 1.165) is 15.8 Å². The minimum Gasteiger partial charge on any atom is -0.439 e. The normalized spacial score (nSPS) is 11.8. The molecule has 0 aliphatic heterocycles. The Balaban J connectivity index is 1.47. The third-order valence-electron chi connectivity index (χ3n) is 4.27. The summed E-state index contributed by atoms with van der Waals surface area (Å²) in [7, 11) is -7.76. The lowest BCUT2D eigenvalue weighted by atomic mass is 10.3. The fourth-order valence-corrected chi connectivity index (χ4v) is 5.90. The maximum absolute atomic E-state index is 12.7. The number of halogens is 1. The number of thiazole rings is 1. The fraction of sp³-hybridized carbons (Fsp3) is 0. The first-order valence-electron chi connectivity index (χ1n) is 9.09. The Morgan fingerprint density at radius 1 is 0.909 bits per heavy atom. The molecular weight excluding hydrogens is 554 g/mol. The Morgan fingerprint density at radius 2 is 1.58 bits per heavy atom. The van der Waals surface area contributed by atoms with E-state index in [0.29, 0.717) is 5.69 Å². The summed E-state index contributed by atoms with van der Waals surface area (Å²) in [5.74, 6) is -0.906. The van der Waals surface area contributed by atoms with Crippen molar-refractivity contribution >= 4 is 63.9 Å². The smallest absolute Gasteiger partial charge is 0.291 e. The van der Waals surface area contributed by atoms with Crippen LogP contribution in [0.25, 0.3) is 0 Å². The second-order valence-corrected chi connectivity index (χ2v) is 11.9. The van der Waals surface area contributed by atoms with Crippen LogP contribution in [0.15, 0.2) is 96.0 Å². The van der Waals surface area contributed by atoms with Crippen LogP contribution in [0.4, 0.5) is 10.8 Å². The van der Waals surface area contributed by atoms with E-state index in [1.54, 1.807) is 17.5 Å². The second kappa shape index (κ2) is 9.09. The molecule has 0 fully saturated rings. The van der Waals surface area contributed by atoms with Crippen LogP contribution in [0.5, 0.6) is 0 Å². The largest absolute Gasteiger partial charge is 0.439 e. The molecule has 0 radical (unpaired) electrons. The minimum atomic E-state index is -3.93. The van der Waals surface area contributed by atoms with Gasteiger partial charge in [-0.15, -0.1) is 11.3 Å². The quantitative estimate of drug-likeness (QED) is 0.338. The molecule has 0 bridgehead atoms. The highest BCUT2D eigenvalue weighted by Crippen LogP contribution is 2.25. The third-order valence-corrected chi connectivity index (χ3v) is 8.61. The number of rotatable bonds is 7. The second-order valence-electron chi connectivity index (χ2n) is 6.50. The number of hydrogen-bond donors (Lipinski definition) is 2. The van der Waals surface area contributed by atoms with Crippen LogP contribution in [-0.4, -0.2) is 27.7 Å². The number of furan rings is 1. The van der Waals surface area contributed by atoms with Crippen molar-refractivity contribution in [3.05, 3.63) is 82.5 Å². The number of carbonyl (C=O) groups is 1. The van der Waals surface area contributed by atoms with Crippen molar-refractivity contribution in [2.45, 2.75) is 14.9 Å². The molecule has 170 valence electrons. The lowest BCUT2D eigenvalue weighted by Crippen LogP contribution is -2.14. The summed E-state index contributed by atoms with van der Waals surface area (Å²) >= 11 is 4.38. The Bertz CT molecular complexity index is 1500. The van der Waals surface area contributed by atoms with Gasteiger partial charge in [0.2, 0.25) is 14.9 Å². The molecule has 0 saturated carbocycles. The zero-order valence-electron chi connectivity index (χ0n) is 16.4. The van der Waals surface area contributed by atoms with E-state index in [9.17, 15) is 21.6 Å². The molecule has 2 aromatic heterocycles. The lowest BCUT2D eigenvalue weighted by molar-refractivity contribution is 0.0991. The number of amides is 1. The van der Waals surface area contributed by atoms with Crippen LogP contribution < -0.4 is 10.0 Å². The molecule has 4 aromatic rings. The van der Waals surface area contributed by atoms with E-state index >= 15 is 0 Å². The molecule has 2 N–H and O–H groups in total. The SMILES string of the molecule is O=C(Nc1ccc(S(=O)(=O)Nc2nccs2)cc1)c1ccc(S(=O)(=O)c2ccc(Br)cc2)o1. The summed E-state index contributed by atoms with van der Waals surface area (Å²) in [5, 5.41) is 4.04. The van der Waals surface area contributed by atoms with E-state index in [1.807, 2.05) is 0 Å². The van der Waals surface area contributed by atoms with Gasteiger partial charge in [-0.3, -0.25) is 9.52 Å². The Kier molecular flexibility index (Phi) is 6.38. The molecule has 33 heavy (non-hydrogen) atoms. The molecule has 9 nitrogen and oxygen atoms in total. The highest BCUT2D eigenvalue weighted by molar-refractivity contribution is 9.10. The van der Waals surface area contributed by atoms with Crippen LogP contribution in [0.2, 0.25) is 0 Å². The first kappa shape index (κ1) is 23.2. The van der Waals surface area contributed by atoms with Gasteiger partial charge >= 0.3 is 0 Å². The van der Waals surface area contributed by atoms with Gasteiger partial charge in [0.1, 0.15) is 0 Å². The zero-order valence-corrected chi connectivity index (χ0v) is 20.5. The van der Waals surface area contributed by atoms with Gasteiger partial charge in [-0.2, -0.15) is 0 Å². The third kappa shape index (κ3) is 5.16. The first-order valence-corrected chi connectivity index (χ1v) is 13.7. The molecular formula is C20H14BrN3O6S3. The number of carbonyl (C=O) groups excluding carboxylic acids is 1. The van der Waals surface area contributed by atoms with E-state index < -0.39 is 25.8 Å². The molecule has 0 aliphatic rings. The van der Waals surface area contributed by atoms with E-state index in [4.69, 9.17) is 4.42 Å². The molecule has 0 atom stereocenters. The van der Waals surface area contributed by atoms with E-state index in [-0.39, 0.29) is 25.8 Å². The fourth-order valence-electron chi connectivity index (χ4n) is 2.67. The molecule has 4 rings (SSSR count). The van der Waals surface area contributed by atoms with Gasteiger partial charge in [-0.1, -0.05) is 15.9 Å². The average molecular weight is 568 g/mol. The van der Waals surface area contributed by atoms with Crippen molar-refractivity contribution < 1.29 is 26.0 Å². The molecule has 0 saturated heterocycles. The Morgan fingerprint density at radius 3 is 2.21 bits per heavy atom. The number of hydrogen-bond acceptors (Lipinski definition) is 8. The summed E-state index contributed by atoms with van der Waals surface area (Å²) in [6.45, 7) is 0.